The minimum absolute atomic E-state index is 0.346. The van der Waals surface area contributed by atoms with Crippen molar-refractivity contribution < 1.29 is 19.0 Å². The second-order valence-electron chi connectivity index (χ2n) is 4.17. The first kappa shape index (κ1) is 17.9. The van der Waals surface area contributed by atoms with E-state index < -0.39 is 0 Å². The Balaban J connectivity index is 2.02. The summed E-state index contributed by atoms with van der Waals surface area (Å²) in [5.74, 6) is 2.89. The van der Waals surface area contributed by atoms with E-state index in [2.05, 4.69) is 21.5 Å². The van der Waals surface area contributed by atoms with Crippen LogP contribution < -0.4 is 10.6 Å². The third kappa shape index (κ3) is 8.21. The Kier molecular flexibility index (Phi) is 9.37. The average Bonchev–Trinajstić information content (AvgIpc) is 2.54. The summed E-state index contributed by atoms with van der Waals surface area (Å²) in [7, 11) is 1.62. The molecular weight excluding hydrogens is 286 g/mol. The molecule has 2 N–H and O–H groups in total. The third-order valence-corrected chi connectivity index (χ3v) is 2.51. The number of nitrogens with zero attached hydrogens (tertiary/aromatic N) is 1. The fourth-order valence-corrected chi connectivity index (χ4v) is 1.41. The van der Waals surface area contributed by atoms with E-state index in [1.165, 1.54) is 6.20 Å². The summed E-state index contributed by atoms with van der Waals surface area (Å²) in [5, 5.41) is 5.25. The van der Waals surface area contributed by atoms with E-state index in [9.17, 15) is 4.79 Å². The average molecular weight is 307 g/mol. The maximum atomic E-state index is 11.6. The number of pyridine rings is 1. The van der Waals surface area contributed by atoms with E-state index in [0.717, 1.165) is 0 Å². The van der Waals surface area contributed by atoms with Crippen LogP contribution in [-0.4, -0.2) is 57.7 Å². The van der Waals surface area contributed by atoms with Crippen LogP contribution in [-0.2, 0) is 14.2 Å². The number of nitrogens with one attached hydrogen (secondary N) is 2. The van der Waals surface area contributed by atoms with Crippen molar-refractivity contribution in [1.29, 1.82) is 0 Å². The van der Waals surface area contributed by atoms with Crippen LogP contribution in [0, 0.1) is 12.3 Å². The van der Waals surface area contributed by atoms with Crippen LogP contribution >= 0.6 is 0 Å². The lowest BCUT2D eigenvalue weighted by molar-refractivity contribution is 0.0260. The number of aromatic nitrogens is 1. The predicted octanol–water partition coefficient (Wildman–Crippen LogP) is 0.864. The molecule has 7 heteroatoms. The summed E-state index contributed by atoms with van der Waals surface area (Å²) < 4.78 is 15.4. The second kappa shape index (κ2) is 11.5. The van der Waals surface area contributed by atoms with Crippen molar-refractivity contribution in [3.8, 4) is 12.3 Å². The number of carbonyl (C=O) groups excluding carboxylic acids is 1. The summed E-state index contributed by atoms with van der Waals surface area (Å²) in [5.41, 5.74) is 0.659. The quantitative estimate of drug-likeness (QED) is 0.495. The molecule has 0 bridgehead atoms. The predicted molar refractivity (Wildman–Crippen MR) is 82.7 cm³/mol. The highest BCUT2D eigenvalue weighted by atomic mass is 16.5. The van der Waals surface area contributed by atoms with Crippen LogP contribution in [0.5, 0.6) is 0 Å². The Morgan fingerprint density at radius 1 is 1.23 bits per heavy atom. The van der Waals surface area contributed by atoms with Gasteiger partial charge < -0.3 is 19.5 Å². The molecule has 0 fully saturated rings. The monoisotopic (exact) mass is 307 g/mol. The topological polar surface area (TPSA) is 81.7 Å². The molecule has 0 aliphatic heterocycles. The van der Waals surface area contributed by atoms with Crippen molar-refractivity contribution in [2.24, 2.45) is 0 Å². The van der Waals surface area contributed by atoms with E-state index in [-0.39, 0.29) is 6.03 Å². The van der Waals surface area contributed by atoms with Crippen LogP contribution in [0.15, 0.2) is 18.3 Å². The van der Waals surface area contributed by atoms with Gasteiger partial charge in [0, 0.05) is 25.4 Å². The van der Waals surface area contributed by atoms with Crippen molar-refractivity contribution in [1.82, 2.24) is 10.3 Å². The molecule has 120 valence electrons. The van der Waals surface area contributed by atoms with Gasteiger partial charge in [-0.25, -0.2) is 9.78 Å². The van der Waals surface area contributed by atoms with E-state index in [0.29, 0.717) is 51.0 Å². The fraction of sp³-hybridized carbons (Fsp3) is 0.467. The number of terminal acetylenes is 1. The smallest absolute Gasteiger partial charge is 0.320 e. The highest BCUT2D eigenvalue weighted by Gasteiger charge is 2.01. The first-order valence-electron chi connectivity index (χ1n) is 6.88. The molecule has 2 amide bonds. The first-order valence-corrected chi connectivity index (χ1v) is 6.88. The normalized spacial score (nSPS) is 10.0. The van der Waals surface area contributed by atoms with E-state index in [1.54, 1.807) is 19.2 Å². The molecule has 0 atom stereocenters. The molecule has 0 aliphatic rings. The number of urea groups is 1. The van der Waals surface area contributed by atoms with Crippen molar-refractivity contribution in [3.05, 3.63) is 23.9 Å². The molecule has 0 saturated heterocycles. The lowest BCUT2D eigenvalue weighted by Gasteiger charge is -2.08. The largest absolute Gasteiger partial charge is 0.382 e. The van der Waals surface area contributed by atoms with E-state index in [1.807, 2.05) is 0 Å². The number of hydrogen-bond donors (Lipinski definition) is 2. The van der Waals surface area contributed by atoms with Crippen molar-refractivity contribution in [3.63, 3.8) is 0 Å². The molecule has 22 heavy (non-hydrogen) atoms. The Hall–Kier alpha value is -2.14. The molecular formula is C15H21N3O4. The highest BCUT2D eigenvalue weighted by Crippen LogP contribution is 2.03. The maximum absolute atomic E-state index is 11.6. The van der Waals surface area contributed by atoms with Gasteiger partial charge in [0.1, 0.15) is 5.82 Å². The number of hydrogen-bond acceptors (Lipinski definition) is 5. The fourth-order valence-electron chi connectivity index (χ4n) is 1.41. The van der Waals surface area contributed by atoms with Crippen LogP contribution in [0.3, 0.4) is 0 Å². The number of rotatable bonds is 10. The number of amides is 2. The highest BCUT2D eigenvalue weighted by molar-refractivity contribution is 5.88. The molecule has 1 aromatic heterocycles. The number of anilines is 1. The Bertz CT molecular complexity index is 471. The first-order chi connectivity index (χ1) is 10.8. The molecule has 7 nitrogen and oxygen atoms in total. The van der Waals surface area contributed by atoms with Crippen LogP contribution in [0.4, 0.5) is 10.6 Å². The van der Waals surface area contributed by atoms with Gasteiger partial charge in [0.15, 0.2) is 0 Å². The minimum Gasteiger partial charge on any atom is -0.382 e. The Labute approximate surface area is 130 Å². The molecule has 1 rings (SSSR count). The Morgan fingerprint density at radius 3 is 2.59 bits per heavy atom. The lowest BCUT2D eigenvalue weighted by Crippen LogP contribution is -2.32. The van der Waals surface area contributed by atoms with Crippen molar-refractivity contribution in [2.75, 3.05) is 52.0 Å². The zero-order chi connectivity index (χ0) is 16.0. The standard InChI is InChI=1S/C15H21N3O4/c1-3-13-4-5-14(17-12-13)18-15(19)16-6-7-21-10-11-22-9-8-20-2/h1,4-5,12H,6-11H2,2H3,(H2,16,17,18,19). The second-order valence-corrected chi connectivity index (χ2v) is 4.17. The molecule has 1 heterocycles. The van der Waals surface area contributed by atoms with Gasteiger partial charge in [0.25, 0.3) is 0 Å². The summed E-state index contributed by atoms with van der Waals surface area (Å²) in [4.78, 5) is 15.6. The van der Waals surface area contributed by atoms with Gasteiger partial charge in [-0.1, -0.05) is 5.92 Å². The van der Waals surface area contributed by atoms with Crippen LogP contribution in [0.1, 0.15) is 5.56 Å². The molecule has 0 unspecified atom stereocenters. The minimum atomic E-state index is -0.346. The number of carbonyl (C=O) groups is 1. The lowest BCUT2D eigenvalue weighted by atomic mass is 10.3. The van der Waals surface area contributed by atoms with Crippen LogP contribution in [0.25, 0.3) is 0 Å². The Morgan fingerprint density at radius 2 is 1.95 bits per heavy atom. The molecule has 0 aromatic carbocycles. The number of ether oxygens (including phenoxy) is 3. The van der Waals surface area contributed by atoms with Gasteiger partial charge in [-0.05, 0) is 12.1 Å². The van der Waals surface area contributed by atoms with Gasteiger partial charge in [-0.2, -0.15) is 0 Å². The van der Waals surface area contributed by atoms with Crippen molar-refractivity contribution >= 4 is 11.8 Å². The SMILES string of the molecule is C#Cc1ccc(NC(=O)NCCOCCOCCOC)nc1. The number of methoxy groups -OCH3 is 1. The molecule has 0 radical (unpaired) electrons. The zero-order valence-electron chi connectivity index (χ0n) is 12.6. The third-order valence-electron chi connectivity index (χ3n) is 2.51. The van der Waals surface area contributed by atoms with Gasteiger partial charge in [0.2, 0.25) is 0 Å². The summed E-state index contributed by atoms with van der Waals surface area (Å²) in [6.07, 6.45) is 6.74. The summed E-state index contributed by atoms with van der Waals surface area (Å²) >= 11 is 0. The van der Waals surface area contributed by atoms with Gasteiger partial charge in [-0.3, -0.25) is 5.32 Å². The summed E-state index contributed by atoms with van der Waals surface area (Å²) in [6.45, 7) is 2.89. The summed E-state index contributed by atoms with van der Waals surface area (Å²) in [6, 6.07) is 3.00. The maximum Gasteiger partial charge on any atom is 0.320 e. The molecule has 0 saturated carbocycles. The van der Waals surface area contributed by atoms with Crippen molar-refractivity contribution in [2.45, 2.75) is 0 Å². The molecule has 1 aromatic rings. The van der Waals surface area contributed by atoms with E-state index in [4.69, 9.17) is 20.6 Å². The van der Waals surface area contributed by atoms with Gasteiger partial charge in [-0.15, -0.1) is 6.42 Å². The van der Waals surface area contributed by atoms with Gasteiger partial charge >= 0.3 is 6.03 Å². The van der Waals surface area contributed by atoms with Gasteiger partial charge in [0.05, 0.1) is 33.0 Å². The van der Waals surface area contributed by atoms with Crippen LogP contribution in [0.2, 0.25) is 0 Å². The molecule has 0 aliphatic carbocycles. The molecule has 0 spiro atoms. The van der Waals surface area contributed by atoms with E-state index >= 15 is 0 Å². The zero-order valence-corrected chi connectivity index (χ0v) is 12.6.